The normalized spacial score (nSPS) is 11.5. The second kappa shape index (κ2) is 9.72. The molecule has 0 amide bonds. The molecule has 8 heteroatoms. The Labute approximate surface area is 197 Å². The van der Waals surface area contributed by atoms with Crippen molar-refractivity contribution in [3.8, 4) is 5.75 Å². The second-order valence-corrected chi connectivity index (χ2v) is 9.94. The lowest BCUT2D eigenvalue weighted by Crippen LogP contribution is -2.17. The Kier molecular flexibility index (Phi) is 6.76. The Morgan fingerprint density at radius 3 is 2.27 bits per heavy atom. The number of rotatable bonds is 8. The van der Waals surface area contributed by atoms with Crippen molar-refractivity contribution in [3.63, 3.8) is 0 Å². The summed E-state index contributed by atoms with van der Waals surface area (Å²) in [6.45, 7) is 1.89. The molecule has 3 aromatic carbocycles. The minimum atomic E-state index is -3.99. The summed E-state index contributed by atoms with van der Waals surface area (Å²) in [5.41, 5.74) is 0.981. The molecule has 170 valence electrons. The number of fused-ring (bicyclic) bond motifs is 1. The van der Waals surface area contributed by atoms with E-state index in [9.17, 15) is 13.2 Å². The van der Waals surface area contributed by atoms with Crippen molar-refractivity contribution >= 4 is 38.7 Å². The zero-order valence-corrected chi connectivity index (χ0v) is 19.9. The van der Waals surface area contributed by atoms with Gasteiger partial charge in [-0.1, -0.05) is 36.4 Å². The number of nitrogens with zero attached hydrogens (tertiary/aromatic N) is 1. The lowest BCUT2D eigenvalue weighted by atomic mass is 10.1. The quantitative estimate of drug-likeness (QED) is 0.249. The van der Waals surface area contributed by atoms with Gasteiger partial charge in [-0.25, -0.2) is 17.2 Å². The third-order valence-corrected chi connectivity index (χ3v) is 7.89. The molecule has 0 atom stereocenters. The lowest BCUT2D eigenvalue weighted by molar-refractivity contribution is 0.0527. The van der Waals surface area contributed by atoms with Crippen LogP contribution in [0.2, 0.25) is 0 Å². The van der Waals surface area contributed by atoms with Gasteiger partial charge in [0.15, 0.2) is 0 Å². The first-order chi connectivity index (χ1) is 16.0. The number of aromatic nitrogens is 1. The van der Waals surface area contributed by atoms with Crippen LogP contribution < -0.4 is 4.74 Å². The highest BCUT2D eigenvalue weighted by atomic mass is 32.2. The van der Waals surface area contributed by atoms with Gasteiger partial charge < -0.3 is 9.47 Å². The number of esters is 1. The Morgan fingerprint density at radius 1 is 0.970 bits per heavy atom. The van der Waals surface area contributed by atoms with Gasteiger partial charge in [-0.05, 0) is 49.4 Å². The molecule has 0 bridgehead atoms. The first-order valence-electron chi connectivity index (χ1n) is 10.3. The molecule has 0 fully saturated rings. The number of carbonyl (C=O) groups excluding carboxylic acids is 1. The topological polar surface area (TPSA) is 74.6 Å². The summed E-state index contributed by atoms with van der Waals surface area (Å²) in [4.78, 5) is 14.2. The van der Waals surface area contributed by atoms with E-state index in [1.165, 1.54) is 22.8 Å². The maximum absolute atomic E-state index is 13.8. The van der Waals surface area contributed by atoms with Crippen molar-refractivity contribution in [2.75, 3.05) is 13.7 Å². The number of hydrogen-bond donors (Lipinski definition) is 0. The average molecular weight is 482 g/mol. The molecule has 0 radical (unpaired) electrons. The Hall–Kier alpha value is -3.23. The van der Waals surface area contributed by atoms with Crippen LogP contribution in [-0.2, 0) is 20.5 Å². The molecule has 0 saturated heterocycles. The molecule has 33 heavy (non-hydrogen) atoms. The predicted octanol–water partition coefficient (Wildman–Crippen LogP) is 5.36. The maximum atomic E-state index is 13.8. The molecule has 0 aliphatic heterocycles. The van der Waals surface area contributed by atoms with Crippen LogP contribution in [0.4, 0.5) is 0 Å². The summed E-state index contributed by atoms with van der Waals surface area (Å²) in [5.74, 6) is 0.201. The molecule has 6 nitrogen and oxygen atoms in total. The van der Waals surface area contributed by atoms with Gasteiger partial charge in [0, 0.05) is 16.0 Å². The Balaban J connectivity index is 2.00. The molecule has 0 aliphatic carbocycles. The number of carbonyl (C=O) groups is 1. The fourth-order valence-electron chi connectivity index (χ4n) is 3.62. The van der Waals surface area contributed by atoms with Gasteiger partial charge in [-0.15, -0.1) is 11.8 Å². The van der Waals surface area contributed by atoms with Gasteiger partial charge in [-0.3, -0.25) is 0 Å². The van der Waals surface area contributed by atoms with Crippen molar-refractivity contribution in [3.05, 3.63) is 90.1 Å². The fraction of sp³-hybridized carbons (Fsp3) is 0.160. The number of methoxy groups -OCH3 is 1. The van der Waals surface area contributed by atoms with Gasteiger partial charge in [0.1, 0.15) is 5.75 Å². The number of hydrogen-bond acceptors (Lipinski definition) is 6. The van der Waals surface area contributed by atoms with E-state index >= 15 is 0 Å². The van der Waals surface area contributed by atoms with E-state index in [4.69, 9.17) is 9.47 Å². The van der Waals surface area contributed by atoms with E-state index in [-0.39, 0.29) is 22.8 Å². The van der Waals surface area contributed by atoms with E-state index in [0.29, 0.717) is 22.3 Å². The van der Waals surface area contributed by atoms with Gasteiger partial charge in [-0.2, -0.15) is 0 Å². The van der Waals surface area contributed by atoms with Crippen LogP contribution in [0.15, 0.2) is 88.7 Å². The standard InChI is InChI=1S/C25H23NO5S2/c1-3-31-25(27)24-21-16-18(30-2)14-15-22(21)26(33(28,29)20-12-8-5-9-13-20)23(24)17-32-19-10-6-4-7-11-19/h4-16H,3,17H2,1-2H3. The van der Waals surface area contributed by atoms with Gasteiger partial charge >= 0.3 is 5.97 Å². The van der Waals surface area contributed by atoms with E-state index in [0.717, 1.165) is 4.90 Å². The summed E-state index contributed by atoms with van der Waals surface area (Å²) >= 11 is 1.45. The molecule has 4 aromatic rings. The third kappa shape index (κ3) is 4.49. The first-order valence-corrected chi connectivity index (χ1v) is 12.8. The molecule has 1 heterocycles. The van der Waals surface area contributed by atoms with Crippen LogP contribution in [-0.4, -0.2) is 32.1 Å². The molecule has 0 aliphatic rings. The summed E-state index contributed by atoms with van der Waals surface area (Å²) < 4.78 is 39.5. The summed E-state index contributed by atoms with van der Waals surface area (Å²) in [5, 5.41) is 0.468. The highest BCUT2D eigenvalue weighted by Crippen LogP contribution is 2.36. The molecular formula is C25H23NO5S2. The fourth-order valence-corrected chi connectivity index (χ4v) is 6.21. The van der Waals surface area contributed by atoms with E-state index in [2.05, 4.69) is 0 Å². The summed E-state index contributed by atoms with van der Waals surface area (Å²) in [6.07, 6.45) is 0. The van der Waals surface area contributed by atoms with Gasteiger partial charge in [0.25, 0.3) is 10.0 Å². The third-order valence-electron chi connectivity index (χ3n) is 5.11. The van der Waals surface area contributed by atoms with Crippen LogP contribution in [0.1, 0.15) is 23.0 Å². The van der Waals surface area contributed by atoms with Gasteiger partial charge in [0.05, 0.1) is 35.4 Å². The van der Waals surface area contributed by atoms with Crippen molar-refractivity contribution in [1.29, 1.82) is 0 Å². The number of thioether (sulfide) groups is 1. The highest BCUT2D eigenvalue weighted by molar-refractivity contribution is 7.98. The van der Waals surface area contributed by atoms with E-state index in [1.807, 2.05) is 30.3 Å². The monoisotopic (exact) mass is 481 g/mol. The van der Waals surface area contributed by atoms with E-state index < -0.39 is 16.0 Å². The molecule has 0 N–H and O–H groups in total. The van der Waals surface area contributed by atoms with Crippen LogP contribution in [0.5, 0.6) is 5.75 Å². The molecule has 0 unspecified atom stereocenters. The summed E-state index contributed by atoms with van der Waals surface area (Å²) in [6, 6.07) is 22.8. The van der Waals surface area contributed by atoms with Crippen molar-refractivity contribution in [2.45, 2.75) is 22.5 Å². The van der Waals surface area contributed by atoms with Crippen LogP contribution in [0, 0.1) is 0 Å². The lowest BCUT2D eigenvalue weighted by Gasteiger charge is -2.13. The highest BCUT2D eigenvalue weighted by Gasteiger charge is 2.30. The van der Waals surface area contributed by atoms with Crippen LogP contribution in [0.3, 0.4) is 0 Å². The van der Waals surface area contributed by atoms with Crippen LogP contribution >= 0.6 is 11.8 Å². The van der Waals surface area contributed by atoms with Crippen molar-refractivity contribution < 1.29 is 22.7 Å². The largest absolute Gasteiger partial charge is 0.497 e. The molecule has 0 spiro atoms. The summed E-state index contributed by atoms with van der Waals surface area (Å²) in [7, 11) is -2.47. The zero-order valence-electron chi connectivity index (χ0n) is 18.2. The van der Waals surface area contributed by atoms with Crippen LogP contribution in [0.25, 0.3) is 10.9 Å². The van der Waals surface area contributed by atoms with Crippen molar-refractivity contribution in [2.24, 2.45) is 0 Å². The van der Waals surface area contributed by atoms with E-state index in [1.54, 1.807) is 55.5 Å². The minimum absolute atomic E-state index is 0.138. The predicted molar refractivity (Wildman–Crippen MR) is 129 cm³/mol. The first kappa shape index (κ1) is 22.9. The SMILES string of the molecule is CCOC(=O)c1c(CSc2ccccc2)n(S(=O)(=O)c2ccccc2)c2ccc(OC)cc12. The van der Waals surface area contributed by atoms with Crippen molar-refractivity contribution in [1.82, 2.24) is 3.97 Å². The Morgan fingerprint density at radius 2 is 1.64 bits per heavy atom. The molecule has 4 rings (SSSR count). The average Bonchev–Trinajstić information content (AvgIpc) is 3.18. The smallest absolute Gasteiger partial charge is 0.340 e. The number of ether oxygens (including phenoxy) is 2. The van der Waals surface area contributed by atoms with Gasteiger partial charge in [0.2, 0.25) is 0 Å². The zero-order chi connectivity index (χ0) is 23.4. The Bertz CT molecular complexity index is 1380. The molecular weight excluding hydrogens is 458 g/mol. The molecule has 0 saturated carbocycles. The minimum Gasteiger partial charge on any atom is -0.497 e. The second-order valence-electron chi connectivity index (χ2n) is 7.11. The maximum Gasteiger partial charge on any atom is 0.340 e. The number of benzene rings is 3. The molecule has 1 aromatic heterocycles.